The Bertz CT molecular complexity index is 130. The SMILES string of the molecule is C1CCC(OCC2CCCNC2)CC1. The lowest BCUT2D eigenvalue weighted by molar-refractivity contribution is 0.00375. The summed E-state index contributed by atoms with van der Waals surface area (Å²) in [6, 6.07) is 0. The number of piperidine rings is 1. The average Bonchev–Trinajstić information content (AvgIpc) is 2.29. The molecule has 82 valence electrons. The van der Waals surface area contributed by atoms with Gasteiger partial charge in [-0.05, 0) is 38.1 Å². The zero-order valence-electron chi connectivity index (χ0n) is 9.13. The Balaban J connectivity index is 1.60. The molecule has 0 aromatic carbocycles. The number of ether oxygens (including phenoxy) is 1. The summed E-state index contributed by atoms with van der Waals surface area (Å²) in [6.45, 7) is 3.38. The van der Waals surface area contributed by atoms with Gasteiger partial charge in [-0.2, -0.15) is 0 Å². The lowest BCUT2D eigenvalue weighted by Crippen LogP contribution is -2.33. The normalized spacial score (nSPS) is 30.4. The summed E-state index contributed by atoms with van der Waals surface area (Å²) < 4.78 is 5.98. The van der Waals surface area contributed by atoms with E-state index in [2.05, 4.69) is 5.32 Å². The van der Waals surface area contributed by atoms with Crippen molar-refractivity contribution in [3.63, 3.8) is 0 Å². The third-order valence-electron chi connectivity index (χ3n) is 3.52. The van der Waals surface area contributed by atoms with E-state index in [9.17, 15) is 0 Å². The van der Waals surface area contributed by atoms with Gasteiger partial charge < -0.3 is 10.1 Å². The fraction of sp³-hybridized carbons (Fsp3) is 1.00. The molecule has 0 aromatic rings. The first-order valence-corrected chi connectivity index (χ1v) is 6.27. The summed E-state index contributed by atoms with van der Waals surface area (Å²) in [5.74, 6) is 0.783. The van der Waals surface area contributed by atoms with E-state index in [1.165, 1.54) is 58.0 Å². The molecule has 1 aliphatic heterocycles. The van der Waals surface area contributed by atoms with Crippen molar-refractivity contribution in [3.05, 3.63) is 0 Å². The molecule has 2 fully saturated rings. The molecule has 0 amide bonds. The Morgan fingerprint density at radius 1 is 1.00 bits per heavy atom. The van der Waals surface area contributed by atoms with Crippen LogP contribution >= 0.6 is 0 Å². The van der Waals surface area contributed by atoms with Gasteiger partial charge in [0.2, 0.25) is 0 Å². The first kappa shape index (κ1) is 10.4. The molecule has 1 saturated heterocycles. The number of rotatable bonds is 3. The topological polar surface area (TPSA) is 21.3 Å². The molecule has 14 heavy (non-hydrogen) atoms. The number of nitrogens with one attached hydrogen (secondary N) is 1. The summed E-state index contributed by atoms with van der Waals surface area (Å²) in [6.07, 6.45) is 10.1. The van der Waals surface area contributed by atoms with Crippen molar-refractivity contribution in [3.8, 4) is 0 Å². The van der Waals surface area contributed by atoms with Crippen molar-refractivity contribution < 1.29 is 4.74 Å². The number of hydrogen-bond donors (Lipinski definition) is 1. The Kier molecular flexibility index (Phi) is 4.26. The third kappa shape index (κ3) is 3.25. The van der Waals surface area contributed by atoms with Crippen LogP contribution in [0.2, 0.25) is 0 Å². The van der Waals surface area contributed by atoms with Gasteiger partial charge in [0.05, 0.1) is 12.7 Å². The summed E-state index contributed by atoms with van der Waals surface area (Å²) in [7, 11) is 0. The van der Waals surface area contributed by atoms with E-state index in [4.69, 9.17) is 4.74 Å². The molecule has 1 N–H and O–H groups in total. The third-order valence-corrected chi connectivity index (χ3v) is 3.52. The predicted molar refractivity (Wildman–Crippen MR) is 58.4 cm³/mol. The van der Waals surface area contributed by atoms with E-state index >= 15 is 0 Å². The summed E-state index contributed by atoms with van der Waals surface area (Å²) in [5.41, 5.74) is 0. The molecule has 2 rings (SSSR count). The van der Waals surface area contributed by atoms with E-state index in [-0.39, 0.29) is 0 Å². The van der Waals surface area contributed by atoms with Crippen molar-refractivity contribution >= 4 is 0 Å². The first-order valence-electron chi connectivity index (χ1n) is 6.27. The van der Waals surface area contributed by atoms with Gasteiger partial charge in [-0.1, -0.05) is 19.3 Å². The minimum atomic E-state index is 0.589. The van der Waals surface area contributed by atoms with Gasteiger partial charge in [0.15, 0.2) is 0 Å². The molecular formula is C12H23NO. The van der Waals surface area contributed by atoms with E-state index in [1.807, 2.05) is 0 Å². The Morgan fingerprint density at radius 3 is 2.57 bits per heavy atom. The molecule has 0 spiro atoms. The lowest BCUT2D eigenvalue weighted by Gasteiger charge is -2.27. The lowest BCUT2D eigenvalue weighted by atomic mass is 9.97. The Labute approximate surface area is 87.4 Å². The van der Waals surface area contributed by atoms with E-state index < -0.39 is 0 Å². The molecule has 1 aliphatic carbocycles. The maximum absolute atomic E-state index is 5.98. The van der Waals surface area contributed by atoms with Gasteiger partial charge in [-0.3, -0.25) is 0 Å². The van der Waals surface area contributed by atoms with E-state index in [0.29, 0.717) is 6.10 Å². The van der Waals surface area contributed by atoms with Gasteiger partial charge in [0.25, 0.3) is 0 Å². The molecule has 0 bridgehead atoms. The van der Waals surface area contributed by atoms with Crippen LogP contribution in [-0.2, 0) is 4.74 Å². The molecule has 0 aromatic heterocycles. The minimum Gasteiger partial charge on any atom is -0.378 e. The van der Waals surface area contributed by atoms with Crippen LogP contribution in [0.4, 0.5) is 0 Å². The van der Waals surface area contributed by atoms with Crippen LogP contribution in [0.5, 0.6) is 0 Å². The molecule has 2 nitrogen and oxygen atoms in total. The smallest absolute Gasteiger partial charge is 0.0575 e. The molecule has 1 atom stereocenters. The zero-order chi connectivity index (χ0) is 9.64. The summed E-state index contributed by atoms with van der Waals surface area (Å²) >= 11 is 0. The average molecular weight is 197 g/mol. The Morgan fingerprint density at radius 2 is 1.86 bits per heavy atom. The molecule has 2 heteroatoms. The van der Waals surface area contributed by atoms with Crippen molar-refractivity contribution in [2.45, 2.75) is 51.0 Å². The van der Waals surface area contributed by atoms with Crippen molar-refractivity contribution in [2.75, 3.05) is 19.7 Å². The van der Waals surface area contributed by atoms with Crippen LogP contribution in [0.1, 0.15) is 44.9 Å². The van der Waals surface area contributed by atoms with Crippen LogP contribution in [0.25, 0.3) is 0 Å². The predicted octanol–water partition coefficient (Wildman–Crippen LogP) is 2.34. The highest BCUT2D eigenvalue weighted by Crippen LogP contribution is 2.21. The largest absolute Gasteiger partial charge is 0.378 e. The van der Waals surface area contributed by atoms with Crippen LogP contribution in [0.15, 0.2) is 0 Å². The van der Waals surface area contributed by atoms with Crippen molar-refractivity contribution in [1.82, 2.24) is 5.32 Å². The second-order valence-corrected chi connectivity index (χ2v) is 4.81. The monoisotopic (exact) mass is 197 g/mol. The second kappa shape index (κ2) is 5.72. The second-order valence-electron chi connectivity index (χ2n) is 4.81. The zero-order valence-corrected chi connectivity index (χ0v) is 9.13. The van der Waals surface area contributed by atoms with Crippen molar-refractivity contribution in [2.24, 2.45) is 5.92 Å². The van der Waals surface area contributed by atoms with E-state index in [1.54, 1.807) is 0 Å². The fourth-order valence-electron chi connectivity index (χ4n) is 2.57. The highest BCUT2D eigenvalue weighted by molar-refractivity contribution is 4.70. The Hall–Kier alpha value is -0.0800. The molecule has 2 aliphatic rings. The standard InChI is InChI=1S/C12H23NO/c1-2-6-12(7-3-1)14-10-11-5-4-8-13-9-11/h11-13H,1-10H2. The summed E-state index contributed by atoms with van der Waals surface area (Å²) in [4.78, 5) is 0. The van der Waals surface area contributed by atoms with Crippen molar-refractivity contribution in [1.29, 1.82) is 0 Å². The minimum absolute atomic E-state index is 0.589. The molecule has 1 heterocycles. The highest BCUT2D eigenvalue weighted by atomic mass is 16.5. The highest BCUT2D eigenvalue weighted by Gasteiger charge is 2.17. The van der Waals surface area contributed by atoms with Crippen LogP contribution in [0, 0.1) is 5.92 Å². The quantitative estimate of drug-likeness (QED) is 0.750. The van der Waals surface area contributed by atoms with Crippen LogP contribution in [0.3, 0.4) is 0 Å². The van der Waals surface area contributed by atoms with Crippen LogP contribution < -0.4 is 5.32 Å². The fourth-order valence-corrected chi connectivity index (χ4v) is 2.57. The van der Waals surface area contributed by atoms with Gasteiger partial charge in [0.1, 0.15) is 0 Å². The molecule has 1 saturated carbocycles. The first-order chi connectivity index (χ1) is 6.95. The maximum Gasteiger partial charge on any atom is 0.0575 e. The summed E-state index contributed by atoms with van der Waals surface area (Å²) in [5, 5.41) is 3.44. The molecular weight excluding hydrogens is 174 g/mol. The van der Waals surface area contributed by atoms with Gasteiger partial charge in [-0.25, -0.2) is 0 Å². The van der Waals surface area contributed by atoms with E-state index in [0.717, 1.165) is 12.5 Å². The number of hydrogen-bond acceptors (Lipinski definition) is 2. The maximum atomic E-state index is 5.98. The van der Waals surface area contributed by atoms with Gasteiger partial charge >= 0.3 is 0 Å². The van der Waals surface area contributed by atoms with Gasteiger partial charge in [0, 0.05) is 6.54 Å². The van der Waals surface area contributed by atoms with Crippen LogP contribution in [-0.4, -0.2) is 25.8 Å². The van der Waals surface area contributed by atoms with Gasteiger partial charge in [-0.15, -0.1) is 0 Å². The molecule has 0 radical (unpaired) electrons. The molecule has 1 unspecified atom stereocenters.